The van der Waals surface area contributed by atoms with Crippen LogP contribution in [-0.2, 0) is 0 Å². The van der Waals surface area contributed by atoms with Crippen molar-refractivity contribution < 1.29 is 19.2 Å². The molecule has 0 spiro atoms. The quantitative estimate of drug-likeness (QED) is 0.516. The summed E-state index contributed by atoms with van der Waals surface area (Å²) >= 11 is 7.22. The van der Waals surface area contributed by atoms with Crippen molar-refractivity contribution in [2.24, 2.45) is 0 Å². The highest BCUT2D eigenvalue weighted by molar-refractivity contribution is 7.22. The third-order valence-corrected chi connectivity index (χ3v) is 4.75. The zero-order valence-electron chi connectivity index (χ0n) is 13.6. The molecule has 0 aliphatic rings. The van der Waals surface area contributed by atoms with Crippen molar-refractivity contribution in [2.45, 2.75) is 0 Å². The molecule has 0 fully saturated rings. The molecule has 8 nitrogen and oxygen atoms in total. The minimum absolute atomic E-state index is 0.0166. The van der Waals surface area contributed by atoms with Crippen LogP contribution in [0.3, 0.4) is 0 Å². The number of methoxy groups -OCH3 is 2. The standard InChI is InChI=1S/C16H12ClN3O5S/c1-24-9-6-12(25-2)14-13(7-9)26-16(18-14)19-15(21)10-4-3-8(20(22)23)5-11(10)17/h3-7H,1-2H3,(H,18,19,21). The molecule has 134 valence electrons. The molecule has 3 aromatic rings. The van der Waals surface area contributed by atoms with Gasteiger partial charge in [-0.1, -0.05) is 22.9 Å². The summed E-state index contributed by atoms with van der Waals surface area (Å²) in [6, 6.07) is 7.12. The largest absolute Gasteiger partial charge is 0.497 e. The summed E-state index contributed by atoms with van der Waals surface area (Å²) in [5, 5.41) is 13.7. The lowest BCUT2D eigenvalue weighted by Gasteiger charge is -2.04. The number of nitro benzene ring substituents is 1. The molecule has 0 saturated heterocycles. The number of nitrogens with one attached hydrogen (secondary N) is 1. The van der Waals surface area contributed by atoms with Crippen LogP contribution in [0, 0.1) is 10.1 Å². The molecule has 10 heteroatoms. The highest BCUT2D eigenvalue weighted by atomic mass is 35.5. The normalized spacial score (nSPS) is 10.6. The van der Waals surface area contributed by atoms with E-state index < -0.39 is 10.8 Å². The molecular weight excluding hydrogens is 382 g/mol. The third kappa shape index (κ3) is 3.39. The molecule has 1 aromatic heterocycles. The summed E-state index contributed by atoms with van der Waals surface area (Å²) in [6.07, 6.45) is 0. The monoisotopic (exact) mass is 393 g/mol. The fraction of sp³-hybridized carbons (Fsp3) is 0.125. The fourth-order valence-electron chi connectivity index (χ4n) is 2.27. The maximum atomic E-state index is 12.4. The van der Waals surface area contributed by atoms with Crippen molar-refractivity contribution in [3.63, 3.8) is 0 Å². The Kier molecular flexibility index (Phi) is 4.92. The molecule has 1 amide bonds. The number of hydrogen-bond donors (Lipinski definition) is 1. The highest BCUT2D eigenvalue weighted by Crippen LogP contribution is 2.36. The number of amides is 1. The van der Waals surface area contributed by atoms with Gasteiger partial charge in [-0.3, -0.25) is 20.2 Å². The highest BCUT2D eigenvalue weighted by Gasteiger charge is 2.18. The number of halogens is 1. The third-order valence-electron chi connectivity index (χ3n) is 3.52. The number of carbonyl (C=O) groups excluding carboxylic acids is 1. The van der Waals surface area contributed by atoms with E-state index in [1.54, 1.807) is 19.2 Å². The Labute approximate surface area is 156 Å². The van der Waals surface area contributed by atoms with Gasteiger partial charge in [-0.15, -0.1) is 0 Å². The average Bonchev–Trinajstić information content (AvgIpc) is 3.02. The van der Waals surface area contributed by atoms with E-state index in [1.165, 1.54) is 30.6 Å². The zero-order valence-corrected chi connectivity index (χ0v) is 15.2. The average molecular weight is 394 g/mol. The molecule has 0 atom stereocenters. The van der Waals surface area contributed by atoms with Gasteiger partial charge in [-0.2, -0.15) is 0 Å². The van der Waals surface area contributed by atoms with Crippen LogP contribution in [0.5, 0.6) is 11.5 Å². The first-order valence-electron chi connectivity index (χ1n) is 7.20. The van der Waals surface area contributed by atoms with E-state index in [-0.39, 0.29) is 16.3 Å². The Morgan fingerprint density at radius 2 is 2.04 bits per heavy atom. The maximum Gasteiger partial charge on any atom is 0.270 e. The van der Waals surface area contributed by atoms with Gasteiger partial charge in [0.15, 0.2) is 5.13 Å². The van der Waals surface area contributed by atoms with Gasteiger partial charge in [0.2, 0.25) is 0 Å². The Bertz CT molecular complexity index is 1020. The Morgan fingerprint density at radius 1 is 1.27 bits per heavy atom. The zero-order chi connectivity index (χ0) is 18.8. The predicted molar refractivity (Wildman–Crippen MR) is 98.8 cm³/mol. The van der Waals surface area contributed by atoms with Gasteiger partial charge < -0.3 is 9.47 Å². The maximum absolute atomic E-state index is 12.4. The molecule has 1 N–H and O–H groups in total. The lowest BCUT2D eigenvalue weighted by molar-refractivity contribution is -0.384. The number of benzene rings is 2. The molecule has 0 aliphatic heterocycles. The number of hydrogen-bond acceptors (Lipinski definition) is 7. The van der Waals surface area contributed by atoms with Gasteiger partial charge in [0, 0.05) is 18.2 Å². The van der Waals surface area contributed by atoms with Crippen LogP contribution in [0.4, 0.5) is 10.8 Å². The van der Waals surface area contributed by atoms with Crippen molar-refractivity contribution >= 4 is 49.9 Å². The van der Waals surface area contributed by atoms with Crippen LogP contribution < -0.4 is 14.8 Å². The van der Waals surface area contributed by atoms with Gasteiger partial charge in [0.25, 0.3) is 11.6 Å². The first-order valence-corrected chi connectivity index (χ1v) is 8.40. The minimum Gasteiger partial charge on any atom is -0.497 e. The van der Waals surface area contributed by atoms with Crippen LogP contribution in [0.2, 0.25) is 5.02 Å². The second-order valence-electron chi connectivity index (χ2n) is 5.07. The van der Waals surface area contributed by atoms with Crippen LogP contribution in [0.25, 0.3) is 10.2 Å². The smallest absolute Gasteiger partial charge is 0.270 e. The number of non-ortho nitro benzene ring substituents is 1. The number of rotatable bonds is 5. The number of ether oxygens (including phenoxy) is 2. The second kappa shape index (κ2) is 7.14. The summed E-state index contributed by atoms with van der Waals surface area (Å²) in [4.78, 5) is 26.9. The van der Waals surface area contributed by atoms with E-state index in [9.17, 15) is 14.9 Å². The molecule has 0 saturated carbocycles. The number of thiazole rings is 1. The summed E-state index contributed by atoms with van der Waals surface area (Å²) in [5.74, 6) is 0.605. The molecular formula is C16H12ClN3O5S. The topological polar surface area (TPSA) is 104 Å². The number of carbonyl (C=O) groups is 1. The minimum atomic E-state index is -0.583. The van der Waals surface area contributed by atoms with E-state index in [2.05, 4.69) is 10.3 Å². The Hall–Kier alpha value is -2.91. The lowest BCUT2D eigenvalue weighted by atomic mass is 10.2. The molecule has 1 heterocycles. The van der Waals surface area contributed by atoms with E-state index in [4.69, 9.17) is 21.1 Å². The van der Waals surface area contributed by atoms with Gasteiger partial charge in [-0.25, -0.2) is 4.98 Å². The first-order chi connectivity index (χ1) is 12.4. The van der Waals surface area contributed by atoms with Crippen LogP contribution >= 0.6 is 22.9 Å². The predicted octanol–water partition coefficient (Wildman–Crippen LogP) is 4.13. The number of aromatic nitrogens is 1. The van der Waals surface area contributed by atoms with Gasteiger partial charge in [0.1, 0.15) is 17.0 Å². The first kappa shape index (κ1) is 17.9. The molecule has 0 radical (unpaired) electrons. The van der Waals surface area contributed by atoms with Crippen molar-refractivity contribution in [3.05, 3.63) is 51.0 Å². The summed E-state index contributed by atoms with van der Waals surface area (Å²) in [5.41, 5.74) is 0.507. The van der Waals surface area contributed by atoms with Gasteiger partial charge in [0.05, 0.1) is 34.4 Å². The van der Waals surface area contributed by atoms with E-state index >= 15 is 0 Å². The lowest BCUT2D eigenvalue weighted by Crippen LogP contribution is -2.12. The molecule has 26 heavy (non-hydrogen) atoms. The molecule has 0 bridgehead atoms. The fourth-order valence-corrected chi connectivity index (χ4v) is 3.44. The Morgan fingerprint density at radius 3 is 2.65 bits per heavy atom. The summed E-state index contributed by atoms with van der Waals surface area (Å²) in [6.45, 7) is 0. The number of nitro groups is 1. The van der Waals surface area contributed by atoms with E-state index in [1.807, 2.05) is 0 Å². The van der Waals surface area contributed by atoms with Crippen molar-refractivity contribution in [3.8, 4) is 11.5 Å². The van der Waals surface area contributed by atoms with E-state index in [0.717, 1.165) is 10.8 Å². The van der Waals surface area contributed by atoms with Crippen LogP contribution in [0.1, 0.15) is 10.4 Å². The SMILES string of the molecule is COc1cc(OC)c2nc(NC(=O)c3ccc([N+](=O)[O-])cc3Cl)sc2c1. The number of nitrogens with zero attached hydrogens (tertiary/aromatic N) is 2. The molecule has 2 aromatic carbocycles. The molecule has 3 rings (SSSR count). The van der Waals surface area contributed by atoms with Gasteiger partial charge >= 0.3 is 0 Å². The van der Waals surface area contributed by atoms with Gasteiger partial charge in [-0.05, 0) is 12.1 Å². The molecule has 0 unspecified atom stereocenters. The molecule has 0 aliphatic carbocycles. The number of fused-ring (bicyclic) bond motifs is 1. The van der Waals surface area contributed by atoms with Crippen molar-refractivity contribution in [1.29, 1.82) is 0 Å². The van der Waals surface area contributed by atoms with Crippen LogP contribution in [0.15, 0.2) is 30.3 Å². The van der Waals surface area contributed by atoms with Crippen molar-refractivity contribution in [1.82, 2.24) is 4.98 Å². The van der Waals surface area contributed by atoms with Crippen molar-refractivity contribution in [2.75, 3.05) is 19.5 Å². The summed E-state index contributed by atoms with van der Waals surface area (Å²) in [7, 11) is 3.06. The second-order valence-corrected chi connectivity index (χ2v) is 6.51. The van der Waals surface area contributed by atoms with Crippen LogP contribution in [-0.4, -0.2) is 30.0 Å². The summed E-state index contributed by atoms with van der Waals surface area (Å²) < 4.78 is 11.3. The van der Waals surface area contributed by atoms with E-state index in [0.29, 0.717) is 22.1 Å². The Balaban J connectivity index is 1.91. The number of anilines is 1.